The normalized spacial score (nSPS) is 21.7. The molecule has 0 spiro atoms. The van der Waals surface area contributed by atoms with E-state index in [4.69, 9.17) is 9.47 Å². The lowest BCUT2D eigenvalue weighted by Gasteiger charge is -2.36. The van der Waals surface area contributed by atoms with Crippen molar-refractivity contribution in [3.8, 4) is 11.5 Å². The molecule has 2 aliphatic rings. The minimum Gasteiger partial charge on any atom is -0.497 e. The zero-order valence-electron chi connectivity index (χ0n) is 17.6. The Labute approximate surface area is 173 Å². The van der Waals surface area contributed by atoms with Crippen molar-refractivity contribution in [1.82, 2.24) is 9.80 Å². The van der Waals surface area contributed by atoms with E-state index in [1.54, 1.807) is 14.2 Å². The van der Waals surface area contributed by atoms with Crippen LogP contribution in [0.2, 0.25) is 0 Å². The number of carbonyl (C=O) groups is 1. The third kappa shape index (κ3) is 4.10. The number of ether oxygens (including phenoxy) is 2. The number of fused-ring (bicyclic) bond motifs is 1. The lowest BCUT2D eigenvalue weighted by Crippen LogP contribution is -2.44. The van der Waals surface area contributed by atoms with Gasteiger partial charge in [0.25, 0.3) is 5.91 Å². The van der Waals surface area contributed by atoms with Crippen molar-refractivity contribution < 1.29 is 14.3 Å². The Morgan fingerprint density at radius 2 is 1.86 bits per heavy atom. The number of piperidine rings is 1. The lowest BCUT2D eigenvalue weighted by atomic mass is 9.91. The van der Waals surface area contributed by atoms with E-state index in [0.717, 1.165) is 43.2 Å². The molecule has 0 N–H and O–H groups in total. The second kappa shape index (κ2) is 8.46. The molecule has 0 bridgehead atoms. The summed E-state index contributed by atoms with van der Waals surface area (Å²) in [6.07, 6.45) is 2.40. The van der Waals surface area contributed by atoms with Gasteiger partial charge in [-0.2, -0.15) is 0 Å². The predicted molar refractivity (Wildman–Crippen MR) is 114 cm³/mol. The third-order valence-electron chi connectivity index (χ3n) is 6.36. The number of likely N-dealkylation sites (tertiary alicyclic amines) is 2. The molecule has 5 heteroatoms. The fourth-order valence-corrected chi connectivity index (χ4v) is 4.83. The molecular weight excluding hydrogens is 364 g/mol. The van der Waals surface area contributed by atoms with Gasteiger partial charge in [0, 0.05) is 31.2 Å². The van der Waals surface area contributed by atoms with Gasteiger partial charge in [-0.1, -0.05) is 12.1 Å². The zero-order chi connectivity index (χ0) is 20.4. The van der Waals surface area contributed by atoms with Gasteiger partial charge in [-0.25, -0.2) is 0 Å². The summed E-state index contributed by atoms with van der Waals surface area (Å²) in [6, 6.07) is 14.3. The van der Waals surface area contributed by atoms with Crippen LogP contribution in [0, 0.1) is 12.8 Å². The fourth-order valence-electron chi connectivity index (χ4n) is 4.83. The Balaban J connectivity index is 1.45. The van der Waals surface area contributed by atoms with Gasteiger partial charge in [0.05, 0.1) is 14.2 Å². The topological polar surface area (TPSA) is 42.0 Å². The number of amides is 1. The Hall–Kier alpha value is -2.53. The van der Waals surface area contributed by atoms with Crippen molar-refractivity contribution >= 4 is 5.91 Å². The van der Waals surface area contributed by atoms with Gasteiger partial charge in [0.15, 0.2) is 0 Å². The minimum atomic E-state index is 0.127. The largest absolute Gasteiger partial charge is 0.497 e. The van der Waals surface area contributed by atoms with Crippen molar-refractivity contribution in [3.63, 3.8) is 0 Å². The second-order valence-electron chi connectivity index (χ2n) is 8.18. The first-order chi connectivity index (χ1) is 14.1. The number of carbonyl (C=O) groups excluding carboxylic acids is 1. The third-order valence-corrected chi connectivity index (χ3v) is 6.36. The van der Waals surface area contributed by atoms with Crippen molar-refractivity contribution in [2.75, 3.05) is 33.9 Å². The molecule has 0 saturated carbocycles. The maximum atomic E-state index is 13.0. The standard InChI is InChI=1S/C24H30N2O3/c1-17-13-18(6-11-23(17)29-3)14-25-12-4-5-20-15-26(16-22(20)25)24(27)19-7-9-21(28-2)10-8-19/h6-11,13,20,22H,4-5,12,14-16H2,1-3H3/t20-,22+/m1/s1. The Morgan fingerprint density at radius 1 is 1.07 bits per heavy atom. The molecule has 0 aromatic heterocycles. The molecule has 0 radical (unpaired) electrons. The number of nitrogens with zero attached hydrogens (tertiary/aromatic N) is 2. The second-order valence-corrected chi connectivity index (χ2v) is 8.18. The van der Waals surface area contributed by atoms with E-state index in [-0.39, 0.29) is 5.91 Å². The van der Waals surface area contributed by atoms with Gasteiger partial charge in [-0.3, -0.25) is 9.69 Å². The molecule has 4 rings (SSSR count). The van der Waals surface area contributed by atoms with E-state index in [0.29, 0.717) is 12.0 Å². The molecular formula is C24H30N2O3. The van der Waals surface area contributed by atoms with E-state index in [1.165, 1.54) is 24.0 Å². The van der Waals surface area contributed by atoms with Gasteiger partial charge < -0.3 is 14.4 Å². The number of hydrogen-bond donors (Lipinski definition) is 0. The fraction of sp³-hybridized carbons (Fsp3) is 0.458. The first-order valence-electron chi connectivity index (χ1n) is 10.4. The monoisotopic (exact) mass is 394 g/mol. The summed E-state index contributed by atoms with van der Waals surface area (Å²) in [6.45, 7) is 5.78. The first-order valence-corrected chi connectivity index (χ1v) is 10.4. The Kier molecular flexibility index (Phi) is 5.76. The van der Waals surface area contributed by atoms with E-state index >= 15 is 0 Å². The van der Waals surface area contributed by atoms with E-state index in [9.17, 15) is 4.79 Å². The molecule has 0 unspecified atom stereocenters. The number of hydrogen-bond acceptors (Lipinski definition) is 4. The van der Waals surface area contributed by atoms with Gasteiger partial charge in [0.1, 0.15) is 11.5 Å². The summed E-state index contributed by atoms with van der Waals surface area (Å²) in [5, 5.41) is 0. The summed E-state index contributed by atoms with van der Waals surface area (Å²) in [7, 11) is 3.35. The van der Waals surface area contributed by atoms with E-state index < -0.39 is 0 Å². The molecule has 2 saturated heterocycles. The van der Waals surface area contributed by atoms with Crippen LogP contribution in [0.25, 0.3) is 0 Å². The molecule has 2 fully saturated rings. The van der Waals surface area contributed by atoms with Crippen LogP contribution in [-0.2, 0) is 6.54 Å². The maximum absolute atomic E-state index is 13.0. The predicted octanol–water partition coefficient (Wildman–Crippen LogP) is 3.75. The van der Waals surface area contributed by atoms with Crippen LogP contribution in [0.4, 0.5) is 0 Å². The highest BCUT2D eigenvalue weighted by Gasteiger charge is 2.40. The van der Waals surface area contributed by atoms with Crippen LogP contribution in [-0.4, -0.2) is 55.6 Å². The average Bonchev–Trinajstić information content (AvgIpc) is 3.19. The maximum Gasteiger partial charge on any atom is 0.253 e. The smallest absolute Gasteiger partial charge is 0.253 e. The van der Waals surface area contributed by atoms with Crippen molar-refractivity contribution in [2.45, 2.75) is 32.4 Å². The molecule has 1 amide bonds. The molecule has 2 aromatic carbocycles. The summed E-state index contributed by atoms with van der Waals surface area (Å²) < 4.78 is 10.6. The highest BCUT2D eigenvalue weighted by molar-refractivity contribution is 5.94. The van der Waals surface area contributed by atoms with Crippen LogP contribution >= 0.6 is 0 Å². The summed E-state index contributed by atoms with van der Waals surface area (Å²) in [5.74, 6) is 2.40. The first kappa shape index (κ1) is 19.8. The van der Waals surface area contributed by atoms with Crippen LogP contribution in [0.15, 0.2) is 42.5 Å². The number of benzene rings is 2. The molecule has 154 valence electrons. The van der Waals surface area contributed by atoms with Crippen LogP contribution in [0.1, 0.15) is 34.3 Å². The van der Waals surface area contributed by atoms with Gasteiger partial charge in [0.2, 0.25) is 0 Å². The molecule has 2 aromatic rings. The van der Waals surface area contributed by atoms with Gasteiger partial charge in [-0.15, -0.1) is 0 Å². The van der Waals surface area contributed by atoms with Gasteiger partial charge >= 0.3 is 0 Å². The molecule has 2 atom stereocenters. The summed E-state index contributed by atoms with van der Waals surface area (Å²) >= 11 is 0. The van der Waals surface area contributed by atoms with Crippen molar-refractivity contribution in [2.24, 2.45) is 5.92 Å². The SMILES string of the molecule is COc1ccc(C(=O)N2C[C@H]3CCCN(Cc4ccc(OC)c(C)c4)[C@H]3C2)cc1. The van der Waals surface area contributed by atoms with E-state index in [1.807, 2.05) is 29.2 Å². The molecule has 0 aliphatic carbocycles. The molecule has 2 aliphatic heterocycles. The Morgan fingerprint density at radius 3 is 2.55 bits per heavy atom. The highest BCUT2D eigenvalue weighted by atomic mass is 16.5. The molecule has 2 heterocycles. The van der Waals surface area contributed by atoms with E-state index in [2.05, 4.69) is 30.0 Å². The van der Waals surface area contributed by atoms with Crippen LogP contribution in [0.3, 0.4) is 0 Å². The van der Waals surface area contributed by atoms with Gasteiger partial charge in [-0.05, 0) is 73.7 Å². The lowest BCUT2D eigenvalue weighted by molar-refractivity contribution is 0.0774. The van der Waals surface area contributed by atoms with Crippen molar-refractivity contribution in [1.29, 1.82) is 0 Å². The Bertz CT molecular complexity index is 865. The van der Waals surface area contributed by atoms with Crippen LogP contribution in [0.5, 0.6) is 11.5 Å². The number of aryl methyl sites for hydroxylation is 1. The zero-order valence-corrected chi connectivity index (χ0v) is 17.6. The minimum absolute atomic E-state index is 0.127. The quantitative estimate of drug-likeness (QED) is 0.775. The summed E-state index contributed by atoms with van der Waals surface area (Å²) in [4.78, 5) is 17.6. The average molecular weight is 395 g/mol. The number of methoxy groups -OCH3 is 2. The molecule has 29 heavy (non-hydrogen) atoms. The number of rotatable bonds is 5. The highest BCUT2D eigenvalue weighted by Crippen LogP contribution is 2.33. The summed E-state index contributed by atoms with van der Waals surface area (Å²) in [5.41, 5.74) is 3.21. The van der Waals surface area contributed by atoms with Crippen molar-refractivity contribution in [3.05, 3.63) is 59.2 Å². The van der Waals surface area contributed by atoms with Crippen LogP contribution < -0.4 is 9.47 Å². The molecule has 5 nitrogen and oxygen atoms in total.